The number of ether oxygens (including phenoxy) is 2. The maximum atomic E-state index is 14.0. The van der Waals surface area contributed by atoms with E-state index in [2.05, 4.69) is 5.10 Å². The monoisotopic (exact) mass is 545 g/mol. The van der Waals surface area contributed by atoms with E-state index in [1.807, 2.05) is 37.3 Å². The van der Waals surface area contributed by atoms with Crippen LogP contribution in [0.2, 0.25) is 5.02 Å². The number of carboxylic acid groups (broad SMARTS) is 1. The minimum Gasteiger partial charge on any atom is -0.486 e. The Morgan fingerprint density at radius 2 is 2.03 bits per heavy atom. The summed E-state index contributed by atoms with van der Waals surface area (Å²) >= 11 is 6.26. The first-order valence-electron chi connectivity index (χ1n) is 11.9. The van der Waals surface area contributed by atoms with Gasteiger partial charge in [0.05, 0.1) is 18.8 Å². The molecule has 2 heterocycles. The van der Waals surface area contributed by atoms with Crippen LogP contribution in [0.5, 0.6) is 11.6 Å². The van der Waals surface area contributed by atoms with E-state index in [9.17, 15) is 13.2 Å². The molecule has 11 heteroatoms. The van der Waals surface area contributed by atoms with Crippen molar-refractivity contribution in [3.8, 4) is 11.6 Å². The predicted molar refractivity (Wildman–Crippen MR) is 142 cm³/mol. The number of hydrogen-bond acceptors (Lipinski definition) is 6. The molecule has 0 fully saturated rings. The fraction of sp³-hybridized carbons (Fsp3) is 0.308. The van der Waals surface area contributed by atoms with E-state index in [1.165, 1.54) is 15.2 Å². The van der Waals surface area contributed by atoms with E-state index in [0.29, 0.717) is 23.0 Å². The number of anilines is 1. The molecule has 0 amide bonds. The van der Waals surface area contributed by atoms with Gasteiger partial charge in [-0.1, -0.05) is 48.0 Å². The summed E-state index contributed by atoms with van der Waals surface area (Å²) in [6, 6.07) is 12.6. The summed E-state index contributed by atoms with van der Waals surface area (Å²) in [4.78, 5) is 11.1. The molecule has 0 saturated heterocycles. The Kier molecular flexibility index (Phi) is 8.09. The van der Waals surface area contributed by atoms with Gasteiger partial charge in [0, 0.05) is 24.2 Å². The van der Waals surface area contributed by atoms with Crippen molar-refractivity contribution >= 4 is 45.4 Å². The van der Waals surface area contributed by atoms with Crippen molar-refractivity contribution in [1.29, 1.82) is 0 Å². The van der Waals surface area contributed by atoms with Crippen LogP contribution >= 0.6 is 11.6 Å². The lowest BCUT2D eigenvalue weighted by molar-refractivity contribution is -0.137. The molecular weight excluding hydrogens is 518 g/mol. The summed E-state index contributed by atoms with van der Waals surface area (Å²) < 4.78 is 42.3. The lowest BCUT2D eigenvalue weighted by Crippen LogP contribution is -2.43. The Morgan fingerprint density at radius 1 is 1.24 bits per heavy atom. The smallest absolute Gasteiger partial charge is 0.303 e. The molecule has 0 aliphatic carbocycles. The van der Waals surface area contributed by atoms with Crippen LogP contribution in [0.15, 0.2) is 53.6 Å². The number of aryl methyl sites for hydroxylation is 1. The Balaban J connectivity index is 1.76. The van der Waals surface area contributed by atoms with Gasteiger partial charge in [0.15, 0.2) is 4.90 Å². The van der Waals surface area contributed by atoms with E-state index < -0.39 is 22.1 Å². The topological polar surface area (TPSA) is 111 Å². The SMILES string of the molecule is CCOc1nn(CC)cc1S(=O)(=O)N1CC(CCC(=O)O)Oc2ccc(C=Cc3ccccc3Cl)cc21. The van der Waals surface area contributed by atoms with Gasteiger partial charge < -0.3 is 14.6 Å². The number of rotatable bonds is 10. The molecule has 196 valence electrons. The molecule has 1 aliphatic rings. The standard InChI is InChI=1S/C26H28ClN3O6S/c1-3-29-17-24(26(28-29)35-4-2)37(33,34)30-16-20(12-14-25(31)32)36-23-13-10-18(15-22(23)30)9-11-19-7-5-6-8-21(19)27/h5-11,13,15,17,20H,3-4,12,14,16H2,1-2H3,(H,31,32). The van der Waals surface area contributed by atoms with Crippen LogP contribution < -0.4 is 13.8 Å². The van der Waals surface area contributed by atoms with Crippen molar-refractivity contribution in [3.05, 3.63) is 64.8 Å². The van der Waals surface area contributed by atoms with Crippen molar-refractivity contribution in [2.45, 2.75) is 44.2 Å². The zero-order chi connectivity index (χ0) is 26.6. The van der Waals surface area contributed by atoms with Crippen molar-refractivity contribution in [2.75, 3.05) is 17.5 Å². The fourth-order valence-electron chi connectivity index (χ4n) is 3.97. The van der Waals surface area contributed by atoms with Crippen molar-refractivity contribution in [1.82, 2.24) is 9.78 Å². The van der Waals surface area contributed by atoms with E-state index in [0.717, 1.165) is 11.1 Å². The molecule has 1 aromatic heterocycles. The molecule has 0 radical (unpaired) electrons. The molecule has 4 rings (SSSR count). The highest BCUT2D eigenvalue weighted by Crippen LogP contribution is 2.40. The lowest BCUT2D eigenvalue weighted by Gasteiger charge is -2.35. The zero-order valence-corrected chi connectivity index (χ0v) is 22.1. The first kappa shape index (κ1) is 26.6. The molecule has 1 unspecified atom stereocenters. The second kappa shape index (κ2) is 11.3. The molecule has 37 heavy (non-hydrogen) atoms. The average Bonchev–Trinajstić information content (AvgIpc) is 3.30. The highest BCUT2D eigenvalue weighted by atomic mass is 35.5. The maximum absolute atomic E-state index is 14.0. The predicted octanol–water partition coefficient (Wildman–Crippen LogP) is 4.95. The third kappa shape index (κ3) is 5.91. The van der Waals surface area contributed by atoms with Gasteiger partial charge in [0.25, 0.3) is 15.9 Å². The summed E-state index contributed by atoms with van der Waals surface area (Å²) in [5.74, 6) is -0.609. The van der Waals surface area contributed by atoms with E-state index in [4.69, 9.17) is 26.2 Å². The average molecular weight is 546 g/mol. The summed E-state index contributed by atoms with van der Waals surface area (Å²) in [5, 5.41) is 14.0. The molecule has 9 nitrogen and oxygen atoms in total. The Bertz CT molecular complexity index is 1420. The fourth-order valence-corrected chi connectivity index (χ4v) is 5.75. The highest BCUT2D eigenvalue weighted by Gasteiger charge is 2.37. The van der Waals surface area contributed by atoms with Crippen LogP contribution in [0, 0.1) is 0 Å². The van der Waals surface area contributed by atoms with E-state index in [-0.39, 0.29) is 36.8 Å². The number of fused-ring (bicyclic) bond motifs is 1. The number of carbonyl (C=O) groups is 1. The third-order valence-electron chi connectivity index (χ3n) is 5.82. The first-order valence-corrected chi connectivity index (χ1v) is 13.7. The van der Waals surface area contributed by atoms with Crippen LogP contribution in [-0.2, 0) is 21.4 Å². The summed E-state index contributed by atoms with van der Waals surface area (Å²) in [5.41, 5.74) is 1.91. The molecule has 0 saturated carbocycles. The number of hydrogen-bond donors (Lipinski definition) is 1. The molecule has 3 aromatic rings. The Morgan fingerprint density at radius 3 is 2.73 bits per heavy atom. The van der Waals surface area contributed by atoms with Crippen molar-refractivity contribution in [2.24, 2.45) is 0 Å². The normalized spacial score (nSPS) is 15.4. The largest absolute Gasteiger partial charge is 0.486 e. The molecule has 0 bridgehead atoms. The summed E-state index contributed by atoms with van der Waals surface area (Å²) in [6.07, 6.45) is 4.50. The van der Waals surface area contributed by atoms with Crippen LogP contribution in [0.25, 0.3) is 12.2 Å². The van der Waals surface area contributed by atoms with Gasteiger partial charge in [0.2, 0.25) is 0 Å². The Hall–Kier alpha value is -3.50. The third-order valence-corrected chi connectivity index (χ3v) is 7.93. The van der Waals surface area contributed by atoms with E-state index >= 15 is 0 Å². The molecule has 1 N–H and O–H groups in total. The minimum absolute atomic E-state index is 0.0225. The number of sulfonamides is 1. The highest BCUT2D eigenvalue weighted by molar-refractivity contribution is 7.93. The number of aromatic nitrogens is 2. The van der Waals surface area contributed by atoms with Crippen molar-refractivity contribution < 1.29 is 27.8 Å². The van der Waals surface area contributed by atoms with Gasteiger partial charge in [-0.2, -0.15) is 0 Å². The second-order valence-electron chi connectivity index (χ2n) is 8.38. The first-order chi connectivity index (χ1) is 17.7. The van der Waals surface area contributed by atoms with Gasteiger partial charge in [-0.15, -0.1) is 5.10 Å². The van der Waals surface area contributed by atoms with E-state index in [1.54, 1.807) is 31.2 Å². The summed E-state index contributed by atoms with van der Waals surface area (Å²) in [6.45, 7) is 4.27. The number of carboxylic acids is 1. The zero-order valence-electron chi connectivity index (χ0n) is 20.5. The summed E-state index contributed by atoms with van der Waals surface area (Å²) in [7, 11) is -4.13. The number of nitrogens with zero attached hydrogens (tertiary/aromatic N) is 3. The quantitative estimate of drug-likeness (QED) is 0.359. The number of aliphatic carboxylic acids is 1. The van der Waals surface area contributed by atoms with Crippen LogP contribution in [0.4, 0.5) is 5.69 Å². The molecule has 2 aromatic carbocycles. The minimum atomic E-state index is -4.13. The molecule has 1 aliphatic heterocycles. The van der Waals surface area contributed by atoms with Crippen LogP contribution in [0.1, 0.15) is 37.8 Å². The van der Waals surface area contributed by atoms with Gasteiger partial charge in [-0.3, -0.25) is 13.8 Å². The molecular formula is C26H28ClN3O6S. The van der Waals surface area contributed by atoms with Crippen LogP contribution in [-0.4, -0.2) is 48.5 Å². The van der Waals surface area contributed by atoms with Gasteiger partial charge in [0.1, 0.15) is 11.9 Å². The van der Waals surface area contributed by atoms with Gasteiger partial charge >= 0.3 is 5.97 Å². The second-order valence-corrected chi connectivity index (χ2v) is 10.6. The maximum Gasteiger partial charge on any atom is 0.303 e. The van der Waals surface area contributed by atoms with Gasteiger partial charge in [-0.05, 0) is 49.6 Å². The molecule has 0 spiro atoms. The van der Waals surface area contributed by atoms with Crippen molar-refractivity contribution in [3.63, 3.8) is 0 Å². The number of benzene rings is 2. The van der Waals surface area contributed by atoms with Crippen LogP contribution in [0.3, 0.4) is 0 Å². The molecule has 1 atom stereocenters. The Labute approximate surface area is 220 Å². The lowest BCUT2D eigenvalue weighted by atomic mass is 10.1. The van der Waals surface area contributed by atoms with Gasteiger partial charge in [-0.25, -0.2) is 8.42 Å². The number of halogens is 1.